The molecule has 0 amide bonds. The van der Waals surface area contributed by atoms with Crippen LogP contribution in [-0.2, 0) is 0 Å². The summed E-state index contributed by atoms with van der Waals surface area (Å²) in [7, 11) is 1.98. The molecular formula is C7H13NO. The van der Waals surface area contributed by atoms with Crippen LogP contribution in [0.2, 0.25) is 0 Å². The van der Waals surface area contributed by atoms with E-state index in [0.717, 1.165) is 12.3 Å². The van der Waals surface area contributed by atoms with Crippen molar-refractivity contribution in [2.45, 2.75) is 25.0 Å². The van der Waals surface area contributed by atoms with E-state index >= 15 is 0 Å². The smallest absolute Gasteiger partial charge is 0.0586 e. The van der Waals surface area contributed by atoms with Crippen LogP contribution in [0.25, 0.3) is 0 Å². The first-order valence-corrected chi connectivity index (χ1v) is 3.70. The maximum Gasteiger partial charge on any atom is 0.0586 e. The van der Waals surface area contributed by atoms with E-state index in [1.807, 2.05) is 7.05 Å². The maximum absolute atomic E-state index is 9.30. The van der Waals surface area contributed by atoms with Crippen LogP contribution in [0, 0.1) is 11.8 Å². The molecule has 2 fully saturated rings. The molecule has 0 heterocycles. The molecule has 0 radical (unpaired) electrons. The lowest BCUT2D eigenvalue weighted by atomic mass is 10.2. The molecule has 2 aliphatic rings. The van der Waals surface area contributed by atoms with Gasteiger partial charge in [-0.05, 0) is 25.8 Å². The third-order valence-corrected chi connectivity index (χ3v) is 2.80. The molecule has 0 aliphatic heterocycles. The summed E-state index contributed by atoms with van der Waals surface area (Å²) in [5, 5.41) is 12.5. The van der Waals surface area contributed by atoms with Gasteiger partial charge in [-0.1, -0.05) is 0 Å². The highest BCUT2D eigenvalue weighted by Gasteiger charge is 2.56. The molecule has 2 rings (SSSR count). The van der Waals surface area contributed by atoms with E-state index in [0.29, 0.717) is 12.0 Å². The number of fused-ring (bicyclic) bond motifs is 1. The molecule has 0 spiro atoms. The first kappa shape index (κ1) is 5.69. The fourth-order valence-electron chi connectivity index (χ4n) is 2.26. The second-order valence-corrected chi connectivity index (χ2v) is 3.20. The van der Waals surface area contributed by atoms with Crippen LogP contribution in [-0.4, -0.2) is 24.3 Å². The van der Waals surface area contributed by atoms with E-state index in [9.17, 15) is 5.11 Å². The SMILES string of the molecule is CNC1C2CCC(O)C21. The summed E-state index contributed by atoms with van der Waals surface area (Å²) in [6.45, 7) is 0. The van der Waals surface area contributed by atoms with Crippen molar-refractivity contribution in [1.82, 2.24) is 5.32 Å². The average Bonchev–Trinajstić information content (AvgIpc) is 2.46. The minimum absolute atomic E-state index is 0.00690. The molecule has 0 aromatic heterocycles. The van der Waals surface area contributed by atoms with Crippen LogP contribution in [0.5, 0.6) is 0 Å². The minimum atomic E-state index is 0.00690. The Morgan fingerprint density at radius 2 is 2.22 bits per heavy atom. The highest BCUT2D eigenvalue weighted by Crippen LogP contribution is 2.51. The summed E-state index contributed by atoms with van der Waals surface area (Å²) in [4.78, 5) is 0. The predicted molar refractivity (Wildman–Crippen MR) is 35.1 cm³/mol. The molecule has 2 aliphatic carbocycles. The molecule has 2 N–H and O–H groups in total. The summed E-state index contributed by atoms with van der Waals surface area (Å²) >= 11 is 0. The fraction of sp³-hybridized carbons (Fsp3) is 1.00. The number of nitrogens with one attached hydrogen (secondary N) is 1. The average molecular weight is 127 g/mol. The minimum Gasteiger partial charge on any atom is -0.393 e. The summed E-state index contributed by atoms with van der Waals surface area (Å²) in [5.41, 5.74) is 0. The highest BCUT2D eigenvalue weighted by atomic mass is 16.3. The Bertz CT molecular complexity index is 122. The Morgan fingerprint density at radius 3 is 2.56 bits per heavy atom. The summed E-state index contributed by atoms with van der Waals surface area (Å²) in [5.74, 6) is 1.42. The van der Waals surface area contributed by atoms with Gasteiger partial charge < -0.3 is 10.4 Å². The van der Waals surface area contributed by atoms with Gasteiger partial charge in [0.1, 0.15) is 0 Å². The monoisotopic (exact) mass is 127 g/mol. The zero-order valence-corrected chi connectivity index (χ0v) is 5.67. The van der Waals surface area contributed by atoms with Crippen LogP contribution >= 0.6 is 0 Å². The van der Waals surface area contributed by atoms with Gasteiger partial charge in [-0.3, -0.25) is 0 Å². The third-order valence-electron chi connectivity index (χ3n) is 2.80. The number of hydrogen-bond acceptors (Lipinski definition) is 2. The van der Waals surface area contributed by atoms with Gasteiger partial charge in [0.25, 0.3) is 0 Å². The number of rotatable bonds is 1. The molecule has 0 bridgehead atoms. The Morgan fingerprint density at radius 1 is 1.44 bits per heavy atom. The Kier molecular flexibility index (Phi) is 1.08. The Hall–Kier alpha value is -0.0800. The van der Waals surface area contributed by atoms with E-state index in [4.69, 9.17) is 0 Å². The predicted octanol–water partition coefficient (Wildman–Crippen LogP) is -0.0249. The molecule has 0 saturated heterocycles. The van der Waals surface area contributed by atoms with Gasteiger partial charge in [-0.2, -0.15) is 0 Å². The molecule has 2 nitrogen and oxygen atoms in total. The molecule has 2 heteroatoms. The van der Waals surface area contributed by atoms with Crippen LogP contribution in [0.3, 0.4) is 0 Å². The second kappa shape index (κ2) is 1.70. The van der Waals surface area contributed by atoms with Gasteiger partial charge in [0, 0.05) is 12.0 Å². The van der Waals surface area contributed by atoms with Gasteiger partial charge >= 0.3 is 0 Å². The van der Waals surface area contributed by atoms with Crippen molar-refractivity contribution >= 4 is 0 Å². The van der Waals surface area contributed by atoms with Gasteiger partial charge in [0.05, 0.1) is 6.10 Å². The molecule has 52 valence electrons. The lowest BCUT2D eigenvalue weighted by Gasteiger charge is -2.05. The number of aliphatic hydroxyl groups excluding tert-OH is 1. The first-order chi connectivity index (χ1) is 4.34. The van der Waals surface area contributed by atoms with Gasteiger partial charge in [0.15, 0.2) is 0 Å². The zero-order chi connectivity index (χ0) is 6.43. The van der Waals surface area contributed by atoms with Crippen molar-refractivity contribution in [1.29, 1.82) is 0 Å². The fourth-order valence-corrected chi connectivity index (χ4v) is 2.26. The highest BCUT2D eigenvalue weighted by molar-refractivity contribution is 5.10. The van der Waals surface area contributed by atoms with Crippen molar-refractivity contribution in [3.8, 4) is 0 Å². The first-order valence-electron chi connectivity index (χ1n) is 3.70. The van der Waals surface area contributed by atoms with Gasteiger partial charge in [0.2, 0.25) is 0 Å². The van der Waals surface area contributed by atoms with E-state index < -0.39 is 0 Å². The molecule has 0 aromatic carbocycles. The van der Waals surface area contributed by atoms with Crippen LogP contribution in [0.1, 0.15) is 12.8 Å². The van der Waals surface area contributed by atoms with Crippen molar-refractivity contribution in [3.63, 3.8) is 0 Å². The molecule has 9 heavy (non-hydrogen) atoms. The van der Waals surface area contributed by atoms with Crippen molar-refractivity contribution in [2.24, 2.45) is 11.8 Å². The maximum atomic E-state index is 9.30. The standard InChI is InChI=1S/C7H13NO/c1-8-7-4-2-3-5(9)6(4)7/h4-9H,2-3H2,1H3. The van der Waals surface area contributed by atoms with Crippen LogP contribution in [0.4, 0.5) is 0 Å². The molecular weight excluding hydrogens is 114 g/mol. The van der Waals surface area contributed by atoms with Crippen LogP contribution < -0.4 is 5.32 Å². The van der Waals surface area contributed by atoms with Crippen LogP contribution in [0.15, 0.2) is 0 Å². The second-order valence-electron chi connectivity index (χ2n) is 3.20. The lowest BCUT2D eigenvalue weighted by molar-refractivity contribution is 0.154. The molecule has 4 atom stereocenters. The Labute approximate surface area is 55.3 Å². The molecule has 0 aromatic rings. The number of aliphatic hydroxyl groups is 1. The lowest BCUT2D eigenvalue weighted by Crippen LogP contribution is -2.20. The largest absolute Gasteiger partial charge is 0.393 e. The van der Waals surface area contributed by atoms with Gasteiger partial charge in [-0.25, -0.2) is 0 Å². The van der Waals surface area contributed by atoms with E-state index in [1.54, 1.807) is 0 Å². The summed E-state index contributed by atoms with van der Waals surface area (Å²) in [6, 6.07) is 0.647. The van der Waals surface area contributed by atoms with E-state index in [1.165, 1.54) is 6.42 Å². The Balaban J connectivity index is 1.98. The van der Waals surface area contributed by atoms with Crippen molar-refractivity contribution in [3.05, 3.63) is 0 Å². The number of hydrogen-bond donors (Lipinski definition) is 2. The summed E-state index contributed by atoms with van der Waals surface area (Å²) < 4.78 is 0. The molecule has 4 unspecified atom stereocenters. The quantitative estimate of drug-likeness (QED) is 0.518. The molecule has 2 saturated carbocycles. The normalized spacial score (nSPS) is 55.3. The van der Waals surface area contributed by atoms with E-state index in [2.05, 4.69) is 5.32 Å². The third kappa shape index (κ3) is 0.634. The zero-order valence-electron chi connectivity index (χ0n) is 5.67. The van der Waals surface area contributed by atoms with Crippen molar-refractivity contribution in [2.75, 3.05) is 7.05 Å². The summed E-state index contributed by atoms with van der Waals surface area (Å²) in [6.07, 6.45) is 2.28. The van der Waals surface area contributed by atoms with Gasteiger partial charge in [-0.15, -0.1) is 0 Å². The van der Waals surface area contributed by atoms with Crippen molar-refractivity contribution < 1.29 is 5.11 Å². The topological polar surface area (TPSA) is 32.3 Å². The van der Waals surface area contributed by atoms with E-state index in [-0.39, 0.29) is 6.10 Å².